The minimum Gasteiger partial charge on any atom is -0.478 e. The number of benzene rings is 2. The molecule has 0 saturated carbocycles. The number of carbonyl (C=O) groups excluding carboxylic acids is 1. The second kappa shape index (κ2) is 13.5. The van der Waals surface area contributed by atoms with Gasteiger partial charge < -0.3 is 9.84 Å². The van der Waals surface area contributed by atoms with Gasteiger partial charge in [-0.25, -0.2) is 28.6 Å². The Morgan fingerprint density at radius 2 is 1.16 bits per heavy atom. The summed E-state index contributed by atoms with van der Waals surface area (Å²) in [6.07, 6.45) is 5.85. The lowest BCUT2D eigenvalue weighted by Gasteiger charge is -2.09. The Balaban J connectivity index is 0.000000171. The number of aromatic nitrogens is 6. The standard InChI is InChI=1S/C16H14ClN3O2.C15H12ClN3O2/c1-22-16(21)14-13(17)9-12(20-15(14)18-10-19-20)8-7-11-5-3-2-4-6-11;16-12-8-11(7-6-10-4-2-1-3-5-10)19-14(17-9-18-19)13(12)15(20)21/h2-6,9-10H,7-8H2,1H3;1-5,8-9H,6-7H2,(H,20,21). The van der Waals surface area contributed by atoms with E-state index in [1.807, 2.05) is 48.5 Å². The van der Waals surface area contributed by atoms with E-state index < -0.39 is 11.9 Å². The van der Waals surface area contributed by atoms with Crippen molar-refractivity contribution in [2.24, 2.45) is 0 Å². The maximum atomic E-state index is 11.8. The van der Waals surface area contributed by atoms with Crippen molar-refractivity contribution in [1.82, 2.24) is 29.2 Å². The van der Waals surface area contributed by atoms with Crippen LogP contribution >= 0.6 is 23.2 Å². The summed E-state index contributed by atoms with van der Waals surface area (Å²) in [6, 6.07) is 23.6. The number of hydrogen-bond donors (Lipinski definition) is 1. The predicted octanol–water partition coefficient (Wildman–Crippen LogP) is 5.82. The van der Waals surface area contributed by atoms with Crippen LogP contribution in [0.5, 0.6) is 0 Å². The second-order valence-corrected chi connectivity index (χ2v) is 10.3. The Morgan fingerprint density at radius 1 is 0.721 bits per heavy atom. The molecular formula is C31H26Cl2N6O4. The molecule has 1 N–H and O–H groups in total. The summed E-state index contributed by atoms with van der Waals surface area (Å²) in [4.78, 5) is 31.2. The average Bonchev–Trinajstić information content (AvgIpc) is 3.70. The van der Waals surface area contributed by atoms with Crippen LogP contribution in [0.15, 0.2) is 85.5 Å². The SMILES string of the molecule is COC(=O)c1c(Cl)cc(CCc2ccccc2)n2ncnc12.O=C(O)c1c(Cl)cc(CCc2ccccc2)n2ncnc12. The number of carboxylic acids is 1. The molecule has 12 heteroatoms. The number of hydrogen-bond acceptors (Lipinski definition) is 7. The minimum absolute atomic E-state index is 0.0161. The molecule has 4 aromatic heterocycles. The first-order chi connectivity index (χ1) is 20.9. The molecule has 0 saturated heterocycles. The summed E-state index contributed by atoms with van der Waals surface area (Å²) in [5.41, 5.74) is 5.08. The zero-order valence-corrected chi connectivity index (χ0v) is 24.5. The van der Waals surface area contributed by atoms with Crippen LogP contribution in [0.25, 0.3) is 11.3 Å². The smallest absolute Gasteiger partial charge is 0.343 e. The lowest BCUT2D eigenvalue weighted by molar-refractivity contribution is 0.0601. The van der Waals surface area contributed by atoms with E-state index in [0.29, 0.717) is 17.1 Å². The van der Waals surface area contributed by atoms with Crippen LogP contribution < -0.4 is 0 Å². The summed E-state index contributed by atoms with van der Waals surface area (Å²) in [6.45, 7) is 0. The summed E-state index contributed by atoms with van der Waals surface area (Å²) < 4.78 is 7.94. The summed E-state index contributed by atoms with van der Waals surface area (Å²) in [5, 5.41) is 18.0. The number of ether oxygens (including phenoxy) is 1. The summed E-state index contributed by atoms with van der Waals surface area (Å²) in [7, 11) is 1.31. The van der Waals surface area contributed by atoms with Gasteiger partial charge in [-0.15, -0.1) is 0 Å². The molecule has 10 nitrogen and oxygen atoms in total. The quantitative estimate of drug-likeness (QED) is 0.212. The molecule has 2 aromatic carbocycles. The first-order valence-electron chi connectivity index (χ1n) is 13.3. The second-order valence-electron chi connectivity index (χ2n) is 9.48. The van der Waals surface area contributed by atoms with Crippen molar-refractivity contribution in [3.05, 3.63) is 129 Å². The Morgan fingerprint density at radius 3 is 1.60 bits per heavy atom. The van der Waals surface area contributed by atoms with E-state index in [2.05, 4.69) is 32.3 Å². The Hall–Kier alpha value is -4.80. The molecule has 0 aliphatic heterocycles. The highest BCUT2D eigenvalue weighted by atomic mass is 35.5. The molecule has 0 amide bonds. The number of rotatable bonds is 8. The van der Waals surface area contributed by atoms with Crippen molar-refractivity contribution < 1.29 is 19.4 Å². The normalized spacial score (nSPS) is 10.9. The van der Waals surface area contributed by atoms with E-state index in [4.69, 9.17) is 27.9 Å². The maximum Gasteiger partial charge on any atom is 0.343 e. The number of aromatic carboxylic acids is 1. The van der Waals surface area contributed by atoms with E-state index in [1.54, 1.807) is 16.6 Å². The zero-order valence-electron chi connectivity index (χ0n) is 23.0. The molecule has 0 radical (unpaired) electrons. The van der Waals surface area contributed by atoms with Crippen molar-refractivity contribution in [3.8, 4) is 0 Å². The van der Waals surface area contributed by atoms with Crippen LogP contribution in [0.2, 0.25) is 10.0 Å². The fraction of sp³-hybridized carbons (Fsp3) is 0.161. The fourth-order valence-electron chi connectivity index (χ4n) is 4.70. The number of esters is 1. The summed E-state index contributed by atoms with van der Waals surface area (Å²) >= 11 is 12.3. The number of methoxy groups -OCH3 is 1. The number of carbonyl (C=O) groups is 2. The van der Waals surface area contributed by atoms with Gasteiger partial charge in [-0.3, -0.25) is 0 Å². The van der Waals surface area contributed by atoms with Crippen molar-refractivity contribution >= 4 is 46.4 Å². The third-order valence-corrected chi connectivity index (χ3v) is 7.38. The molecule has 6 aromatic rings. The van der Waals surface area contributed by atoms with E-state index in [9.17, 15) is 14.7 Å². The van der Waals surface area contributed by atoms with Gasteiger partial charge in [-0.2, -0.15) is 10.2 Å². The van der Waals surface area contributed by atoms with Gasteiger partial charge >= 0.3 is 11.9 Å². The third-order valence-electron chi connectivity index (χ3n) is 6.78. The molecule has 0 spiro atoms. The van der Waals surface area contributed by atoms with E-state index in [-0.39, 0.29) is 21.8 Å². The van der Waals surface area contributed by atoms with Crippen LogP contribution in [0, 0.1) is 0 Å². The van der Waals surface area contributed by atoms with E-state index >= 15 is 0 Å². The number of carboxylic acid groups (broad SMARTS) is 1. The largest absolute Gasteiger partial charge is 0.478 e. The van der Waals surface area contributed by atoms with Gasteiger partial charge in [0.2, 0.25) is 0 Å². The van der Waals surface area contributed by atoms with Crippen molar-refractivity contribution in [2.45, 2.75) is 25.7 Å². The molecule has 218 valence electrons. The number of halogens is 2. The minimum atomic E-state index is -1.10. The lowest BCUT2D eigenvalue weighted by atomic mass is 10.1. The van der Waals surface area contributed by atoms with Gasteiger partial charge in [0.25, 0.3) is 0 Å². The van der Waals surface area contributed by atoms with Gasteiger partial charge in [0.05, 0.1) is 17.2 Å². The van der Waals surface area contributed by atoms with Crippen LogP contribution in [0.3, 0.4) is 0 Å². The van der Waals surface area contributed by atoms with Gasteiger partial charge in [0.15, 0.2) is 11.3 Å². The van der Waals surface area contributed by atoms with Crippen LogP contribution in [0.1, 0.15) is 43.2 Å². The number of pyridine rings is 2. The third kappa shape index (κ3) is 6.66. The van der Waals surface area contributed by atoms with Gasteiger partial charge in [0, 0.05) is 11.4 Å². The number of fused-ring (bicyclic) bond motifs is 2. The molecule has 0 atom stereocenters. The number of nitrogens with zero attached hydrogens (tertiary/aromatic N) is 6. The maximum absolute atomic E-state index is 11.8. The van der Waals surface area contributed by atoms with E-state index in [0.717, 1.165) is 30.7 Å². The molecule has 0 unspecified atom stereocenters. The molecule has 0 bridgehead atoms. The molecule has 4 heterocycles. The van der Waals surface area contributed by atoms with Crippen molar-refractivity contribution in [2.75, 3.05) is 7.11 Å². The monoisotopic (exact) mass is 616 g/mol. The highest BCUT2D eigenvalue weighted by molar-refractivity contribution is 6.34. The molecular weight excluding hydrogens is 591 g/mol. The Kier molecular flexibility index (Phi) is 9.29. The molecule has 0 aliphatic carbocycles. The molecule has 6 rings (SSSR count). The van der Waals surface area contributed by atoms with E-state index in [1.165, 1.54) is 35.4 Å². The highest BCUT2D eigenvalue weighted by Crippen LogP contribution is 2.24. The fourth-order valence-corrected chi connectivity index (χ4v) is 5.27. The first kappa shape index (κ1) is 29.7. The lowest BCUT2D eigenvalue weighted by Crippen LogP contribution is -2.09. The van der Waals surface area contributed by atoms with Gasteiger partial charge in [-0.05, 0) is 48.9 Å². The Bertz CT molecular complexity index is 1890. The van der Waals surface area contributed by atoms with Gasteiger partial charge in [-0.1, -0.05) is 83.9 Å². The molecule has 0 aliphatic rings. The van der Waals surface area contributed by atoms with Crippen LogP contribution in [-0.4, -0.2) is 53.4 Å². The van der Waals surface area contributed by atoms with Crippen molar-refractivity contribution in [3.63, 3.8) is 0 Å². The van der Waals surface area contributed by atoms with Crippen molar-refractivity contribution in [1.29, 1.82) is 0 Å². The topological polar surface area (TPSA) is 124 Å². The molecule has 0 fully saturated rings. The predicted molar refractivity (Wildman–Crippen MR) is 162 cm³/mol. The summed E-state index contributed by atoms with van der Waals surface area (Å²) in [5.74, 6) is -1.62. The Labute approximate surface area is 256 Å². The first-order valence-corrected chi connectivity index (χ1v) is 14.0. The van der Waals surface area contributed by atoms with Crippen LogP contribution in [0.4, 0.5) is 0 Å². The zero-order chi connectivity index (χ0) is 30.3. The van der Waals surface area contributed by atoms with Crippen LogP contribution in [-0.2, 0) is 30.4 Å². The highest BCUT2D eigenvalue weighted by Gasteiger charge is 2.20. The van der Waals surface area contributed by atoms with Gasteiger partial charge in [0.1, 0.15) is 23.8 Å². The molecule has 43 heavy (non-hydrogen) atoms. The average molecular weight is 617 g/mol. The number of aryl methyl sites for hydroxylation is 4.